The fraction of sp³-hybridized carbons (Fsp3) is 1.00. The zero-order valence-corrected chi connectivity index (χ0v) is 10.8. The number of rotatable bonds is 4. The van der Waals surface area contributed by atoms with E-state index >= 15 is 0 Å². The molecule has 3 aliphatic carbocycles. The lowest BCUT2D eigenvalue weighted by Gasteiger charge is -2.61. The van der Waals surface area contributed by atoms with E-state index in [0.29, 0.717) is 5.41 Å². The van der Waals surface area contributed by atoms with Crippen LogP contribution in [0.25, 0.3) is 0 Å². The minimum Gasteiger partial charge on any atom is -0.325 e. The van der Waals surface area contributed by atoms with Gasteiger partial charge in [-0.15, -0.1) is 0 Å². The maximum atomic E-state index is 6.48. The van der Waals surface area contributed by atoms with Gasteiger partial charge in [0.25, 0.3) is 0 Å². The molecule has 0 aromatic heterocycles. The molecule has 0 radical (unpaired) electrons. The van der Waals surface area contributed by atoms with Crippen LogP contribution in [-0.2, 0) is 0 Å². The SMILES string of the molecule is CCCC[C@@H](C)C12CCC(N)([C@H]1C)[C@@H]2C. The quantitative estimate of drug-likeness (QED) is 0.752. The first-order chi connectivity index (χ1) is 7.00. The zero-order valence-electron chi connectivity index (χ0n) is 10.8. The number of fused-ring (bicyclic) bond motifs is 1. The Hall–Kier alpha value is -0.0400. The molecule has 2 bridgehead atoms. The van der Waals surface area contributed by atoms with Crippen LogP contribution >= 0.6 is 0 Å². The van der Waals surface area contributed by atoms with Crippen molar-refractivity contribution < 1.29 is 0 Å². The summed E-state index contributed by atoms with van der Waals surface area (Å²) in [7, 11) is 0. The van der Waals surface area contributed by atoms with Gasteiger partial charge in [-0.05, 0) is 36.0 Å². The Labute approximate surface area is 94.8 Å². The molecule has 1 heteroatoms. The van der Waals surface area contributed by atoms with Crippen LogP contribution < -0.4 is 5.73 Å². The van der Waals surface area contributed by atoms with Crippen molar-refractivity contribution in [3.63, 3.8) is 0 Å². The van der Waals surface area contributed by atoms with Gasteiger partial charge in [0.2, 0.25) is 0 Å². The van der Waals surface area contributed by atoms with Gasteiger partial charge in [0.05, 0.1) is 0 Å². The topological polar surface area (TPSA) is 26.0 Å². The van der Waals surface area contributed by atoms with Crippen LogP contribution in [0.3, 0.4) is 0 Å². The van der Waals surface area contributed by atoms with Gasteiger partial charge in [0, 0.05) is 5.54 Å². The summed E-state index contributed by atoms with van der Waals surface area (Å²) in [5.74, 6) is 2.39. The minimum absolute atomic E-state index is 0.195. The fourth-order valence-electron chi connectivity index (χ4n) is 4.83. The molecule has 3 fully saturated rings. The zero-order chi connectivity index (χ0) is 11.3. The van der Waals surface area contributed by atoms with E-state index in [1.165, 1.54) is 32.1 Å². The van der Waals surface area contributed by atoms with Crippen molar-refractivity contribution in [2.75, 3.05) is 0 Å². The summed E-state index contributed by atoms with van der Waals surface area (Å²) in [6, 6.07) is 0. The lowest BCUT2D eigenvalue weighted by molar-refractivity contribution is -0.0991. The fourth-order valence-corrected chi connectivity index (χ4v) is 4.83. The van der Waals surface area contributed by atoms with Crippen molar-refractivity contribution in [2.24, 2.45) is 28.9 Å². The average molecular weight is 209 g/mol. The summed E-state index contributed by atoms with van der Waals surface area (Å²) < 4.78 is 0. The molecule has 1 nitrogen and oxygen atoms in total. The summed E-state index contributed by atoms with van der Waals surface area (Å²) in [4.78, 5) is 0. The van der Waals surface area contributed by atoms with Gasteiger partial charge in [0.15, 0.2) is 0 Å². The highest BCUT2D eigenvalue weighted by molar-refractivity contribution is 5.24. The second kappa shape index (κ2) is 3.48. The molecule has 3 saturated carbocycles. The van der Waals surface area contributed by atoms with Crippen LogP contribution in [0.2, 0.25) is 0 Å². The van der Waals surface area contributed by atoms with Gasteiger partial charge in [-0.3, -0.25) is 0 Å². The molecular weight excluding hydrogens is 182 g/mol. The number of hydrogen-bond acceptors (Lipinski definition) is 1. The Morgan fingerprint density at radius 3 is 2.27 bits per heavy atom. The number of unbranched alkanes of at least 4 members (excludes halogenated alkanes) is 1. The predicted octanol–water partition coefficient (Wildman–Crippen LogP) is 3.58. The third-order valence-electron chi connectivity index (χ3n) is 6.12. The minimum atomic E-state index is 0.195. The highest BCUT2D eigenvalue weighted by Gasteiger charge is 2.71. The van der Waals surface area contributed by atoms with E-state index in [-0.39, 0.29) is 5.54 Å². The maximum absolute atomic E-state index is 6.48. The van der Waals surface area contributed by atoms with E-state index in [1.54, 1.807) is 0 Å². The maximum Gasteiger partial charge on any atom is 0.0217 e. The first-order valence-electron chi connectivity index (χ1n) is 6.79. The average Bonchev–Trinajstić information content (AvgIpc) is 2.67. The Balaban J connectivity index is 2.09. The van der Waals surface area contributed by atoms with E-state index in [1.807, 2.05) is 0 Å². The first kappa shape index (κ1) is 11.4. The van der Waals surface area contributed by atoms with Crippen molar-refractivity contribution >= 4 is 0 Å². The third kappa shape index (κ3) is 1.19. The van der Waals surface area contributed by atoms with Crippen molar-refractivity contribution in [1.29, 1.82) is 0 Å². The molecule has 5 atom stereocenters. The van der Waals surface area contributed by atoms with Crippen molar-refractivity contribution in [1.82, 2.24) is 0 Å². The molecule has 0 spiro atoms. The number of nitrogens with two attached hydrogens (primary N) is 1. The summed E-state index contributed by atoms with van der Waals surface area (Å²) in [6.45, 7) is 9.55. The van der Waals surface area contributed by atoms with Crippen molar-refractivity contribution in [3.8, 4) is 0 Å². The summed E-state index contributed by atoms with van der Waals surface area (Å²) in [6.07, 6.45) is 6.78. The Kier molecular flexibility index (Phi) is 2.65. The molecule has 2 N–H and O–H groups in total. The lowest BCUT2D eigenvalue weighted by Crippen LogP contribution is -2.67. The molecule has 0 aromatic rings. The molecule has 15 heavy (non-hydrogen) atoms. The van der Waals surface area contributed by atoms with E-state index in [4.69, 9.17) is 5.73 Å². The van der Waals surface area contributed by atoms with Crippen LogP contribution in [0.15, 0.2) is 0 Å². The molecule has 3 rings (SSSR count). The van der Waals surface area contributed by atoms with E-state index in [0.717, 1.165) is 17.8 Å². The van der Waals surface area contributed by atoms with Crippen LogP contribution in [0.4, 0.5) is 0 Å². The van der Waals surface area contributed by atoms with E-state index in [9.17, 15) is 0 Å². The molecule has 3 aliphatic rings. The highest BCUT2D eigenvalue weighted by atomic mass is 14.9. The predicted molar refractivity (Wildman–Crippen MR) is 65.6 cm³/mol. The Morgan fingerprint density at radius 2 is 1.87 bits per heavy atom. The van der Waals surface area contributed by atoms with Gasteiger partial charge in [0.1, 0.15) is 0 Å². The van der Waals surface area contributed by atoms with Gasteiger partial charge in [-0.1, -0.05) is 47.0 Å². The van der Waals surface area contributed by atoms with Crippen molar-refractivity contribution in [2.45, 2.75) is 65.3 Å². The standard InChI is InChI=1S/C14H27N/c1-5-6-7-10(2)13-8-9-14(15,11(13)3)12(13)4/h10-12H,5-9,15H2,1-4H3/t10-,11-,12+,13?,14?/m1/s1. The van der Waals surface area contributed by atoms with E-state index < -0.39 is 0 Å². The third-order valence-corrected chi connectivity index (χ3v) is 6.12. The molecule has 88 valence electrons. The van der Waals surface area contributed by atoms with Crippen LogP contribution in [0.1, 0.15) is 59.8 Å². The Bertz CT molecular complexity index is 236. The first-order valence-corrected chi connectivity index (χ1v) is 6.79. The van der Waals surface area contributed by atoms with E-state index in [2.05, 4.69) is 27.7 Å². The highest BCUT2D eigenvalue weighted by Crippen LogP contribution is 2.71. The van der Waals surface area contributed by atoms with Crippen LogP contribution in [0, 0.1) is 23.2 Å². The molecular formula is C14H27N. The molecule has 0 aromatic carbocycles. The molecule has 0 amide bonds. The van der Waals surface area contributed by atoms with Crippen molar-refractivity contribution in [3.05, 3.63) is 0 Å². The van der Waals surface area contributed by atoms with Crippen LogP contribution in [-0.4, -0.2) is 5.54 Å². The summed E-state index contributed by atoms with van der Waals surface area (Å²) in [5, 5.41) is 0. The van der Waals surface area contributed by atoms with Gasteiger partial charge in [-0.25, -0.2) is 0 Å². The van der Waals surface area contributed by atoms with Gasteiger partial charge in [-0.2, -0.15) is 0 Å². The smallest absolute Gasteiger partial charge is 0.0217 e. The van der Waals surface area contributed by atoms with Gasteiger partial charge < -0.3 is 5.73 Å². The molecule has 2 unspecified atom stereocenters. The second-order valence-electron chi connectivity index (χ2n) is 6.21. The van der Waals surface area contributed by atoms with Crippen LogP contribution in [0.5, 0.6) is 0 Å². The molecule has 0 heterocycles. The summed E-state index contributed by atoms with van der Waals surface area (Å²) >= 11 is 0. The lowest BCUT2D eigenvalue weighted by atomic mass is 9.46. The number of hydrogen-bond donors (Lipinski definition) is 1. The monoisotopic (exact) mass is 209 g/mol. The second-order valence-corrected chi connectivity index (χ2v) is 6.21. The largest absolute Gasteiger partial charge is 0.325 e. The summed E-state index contributed by atoms with van der Waals surface area (Å²) in [5.41, 5.74) is 7.28. The Morgan fingerprint density at radius 1 is 1.27 bits per heavy atom. The normalized spacial score (nSPS) is 50.2. The molecule has 0 saturated heterocycles. The van der Waals surface area contributed by atoms with Gasteiger partial charge >= 0.3 is 0 Å². The molecule has 0 aliphatic heterocycles.